The van der Waals surface area contributed by atoms with E-state index in [0.29, 0.717) is 33.8 Å². The van der Waals surface area contributed by atoms with Gasteiger partial charge in [-0.15, -0.1) is 0 Å². The average Bonchev–Trinajstić information content (AvgIpc) is 2.83. The zero-order valence-electron chi connectivity index (χ0n) is 19.9. The van der Waals surface area contributed by atoms with Gasteiger partial charge in [0.15, 0.2) is 5.69 Å². The van der Waals surface area contributed by atoms with Crippen molar-refractivity contribution in [1.82, 2.24) is 29.2 Å². The van der Waals surface area contributed by atoms with E-state index >= 15 is 0 Å². The van der Waals surface area contributed by atoms with Crippen LogP contribution in [0.3, 0.4) is 0 Å². The first kappa shape index (κ1) is 24.6. The standard InChI is InChI=1S/C24H24ClN7O2S/c1-12-8-16(13(2)28-18-6-7-19(25)29-21(18)23(33)31-35-5)20-17(9-12)24(34)32(4)22(30-20)15-10-26-14(3)27-11-15/h6-11,13,28H,1-5H3,(H,31,33). The highest BCUT2D eigenvalue weighted by Crippen LogP contribution is 2.29. The summed E-state index contributed by atoms with van der Waals surface area (Å²) in [4.78, 5) is 43.4. The maximum absolute atomic E-state index is 13.3. The molecule has 4 aromatic rings. The van der Waals surface area contributed by atoms with Gasteiger partial charge in [0, 0.05) is 31.3 Å². The molecule has 1 atom stereocenters. The summed E-state index contributed by atoms with van der Waals surface area (Å²) in [6.45, 7) is 5.66. The third kappa shape index (κ3) is 4.98. The van der Waals surface area contributed by atoms with E-state index in [2.05, 4.69) is 25.0 Å². The van der Waals surface area contributed by atoms with E-state index < -0.39 is 0 Å². The van der Waals surface area contributed by atoms with E-state index in [1.54, 1.807) is 44.8 Å². The van der Waals surface area contributed by atoms with Crippen molar-refractivity contribution in [1.29, 1.82) is 0 Å². The third-order valence-corrected chi connectivity index (χ3v) is 6.10. The number of rotatable bonds is 6. The fourth-order valence-corrected chi connectivity index (χ4v) is 4.26. The number of carbonyl (C=O) groups is 1. The molecule has 3 aromatic heterocycles. The molecular weight excluding hydrogens is 486 g/mol. The van der Waals surface area contributed by atoms with Crippen molar-refractivity contribution >= 4 is 46.0 Å². The van der Waals surface area contributed by atoms with Gasteiger partial charge in [0.2, 0.25) is 0 Å². The van der Waals surface area contributed by atoms with Crippen molar-refractivity contribution in [3.05, 3.63) is 74.8 Å². The molecule has 0 spiro atoms. The van der Waals surface area contributed by atoms with Gasteiger partial charge in [-0.25, -0.2) is 19.9 Å². The molecule has 9 nitrogen and oxygen atoms in total. The molecule has 11 heteroatoms. The van der Waals surface area contributed by atoms with E-state index in [-0.39, 0.29) is 28.4 Å². The molecular formula is C24H24ClN7O2S. The van der Waals surface area contributed by atoms with Crippen LogP contribution < -0.4 is 15.6 Å². The largest absolute Gasteiger partial charge is 0.377 e. The molecule has 0 saturated carbocycles. The minimum atomic E-state index is -0.363. The quantitative estimate of drug-likeness (QED) is 0.293. The predicted octanol–water partition coefficient (Wildman–Crippen LogP) is 4.24. The first-order chi connectivity index (χ1) is 16.7. The fourth-order valence-electron chi connectivity index (χ4n) is 3.83. The van der Waals surface area contributed by atoms with Crippen LogP contribution in [0.25, 0.3) is 22.3 Å². The van der Waals surface area contributed by atoms with E-state index in [0.717, 1.165) is 11.1 Å². The van der Waals surface area contributed by atoms with Crippen LogP contribution >= 0.6 is 23.5 Å². The van der Waals surface area contributed by atoms with Gasteiger partial charge in [0.1, 0.15) is 16.8 Å². The van der Waals surface area contributed by atoms with Gasteiger partial charge < -0.3 is 5.32 Å². The summed E-state index contributed by atoms with van der Waals surface area (Å²) < 4.78 is 4.18. The summed E-state index contributed by atoms with van der Waals surface area (Å²) in [7, 11) is 1.68. The van der Waals surface area contributed by atoms with Crippen LogP contribution in [-0.2, 0) is 7.05 Å². The van der Waals surface area contributed by atoms with E-state index in [1.165, 1.54) is 16.5 Å². The minimum Gasteiger partial charge on any atom is -0.377 e. The lowest BCUT2D eigenvalue weighted by Crippen LogP contribution is -2.22. The Kier molecular flexibility index (Phi) is 7.04. The minimum absolute atomic E-state index is 0.170. The van der Waals surface area contributed by atoms with Gasteiger partial charge in [-0.3, -0.25) is 18.9 Å². The SMILES string of the molecule is CSNC(=O)c1nc(Cl)ccc1NC(C)c1cc(C)cc2c(=O)n(C)c(-c3cnc(C)nc3)nc12. The van der Waals surface area contributed by atoms with Crippen LogP contribution in [0.2, 0.25) is 5.15 Å². The van der Waals surface area contributed by atoms with Gasteiger partial charge >= 0.3 is 0 Å². The number of aromatic nitrogens is 5. The second kappa shape index (κ2) is 10.0. The van der Waals surface area contributed by atoms with Crippen molar-refractivity contribution in [3.63, 3.8) is 0 Å². The molecule has 1 unspecified atom stereocenters. The molecule has 0 aliphatic carbocycles. The Morgan fingerprint density at radius 2 is 1.86 bits per heavy atom. The normalized spacial score (nSPS) is 11.9. The molecule has 0 aliphatic rings. The molecule has 2 N–H and O–H groups in total. The van der Waals surface area contributed by atoms with Crippen LogP contribution in [-0.4, -0.2) is 36.7 Å². The number of nitrogens with zero attached hydrogens (tertiary/aromatic N) is 5. The summed E-state index contributed by atoms with van der Waals surface area (Å²) in [5, 5.41) is 4.06. The Labute approximate surface area is 211 Å². The van der Waals surface area contributed by atoms with E-state index in [9.17, 15) is 9.59 Å². The number of fused-ring (bicyclic) bond motifs is 1. The number of benzene rings is 1. The maximum Gasteiger partial charge on any atom is 0.281 e. The molecule has 1 amide bonds. The smallest absolute Gasteiger partial charge is 0.281 e. The van der Waals surface area contributed by atoms with Gasteiger partial charge in [-0.05, 0) is 44.5 Å². The molecule has 3 heterocycles. The maximum atomic E-state index is 13.3. The zero-order chi connectivity index (χ0) is 25.3. The Balaban J connectivity index is 1.84. The average molecular weight is 510 g/mol. The van der Waals surface area contributed by atoms with Gasteiger partial charge in [-0.1, -0.05) is 29.6 Å². The van der Waals surface area contributed by atoms with E-state index in [1.807, 2.05) is 26.0 Å². The highest BCUT2D eigenvalue weighted by Gasteiger charge is 2.20. The lowest BCUT2D eigenvalue weighted by Gasteiger charge is -2.20. The van der Waals surface area contributed by atoms with Crippen molar-refractivity contribution in [2.45, 2.75) is 26.8 Å². The Morgan fingerprint density at radius 3 is 2.54 bits per heavy atom. The second-order valence-electron chi connectivity index (χ2n) is 8.10. The van der Waals surface area contributed by atoms with Crippen molar-refractivity contribution in [3.8, 4) is 11.4 Å². The van der Waals surface area contributed by atoms with Crippen LogP contribution in [0, 0.1) is 13.8 Å². The number of nitrogens with one attached hydrogen (secondary N) is 2. The van der Waals surface area contributed by atoms with Crippen LogP contribution in [0.4, 0.5) is 5.69 Å². The molecule has 0 aliphatic heterocycles. The summed E-state index contributed by atoms with van der Waals surface area (Å²) in [5.74, 6) is 0.733. The third-order valence-electron chi connectivity index (χ3n) is 5.50. The molecule has 1 aromatic carbocycles. The van der Waals surface area contributed by atoms with Gasteiger partial charge in [-0.2, -0.15) is 0 Å². The topological polar surface area (TPSA) is 115 Å². The molecule has 0 bridgehead atoms. The summed E-state index contributed by atoms with van der Waals surface area (Å²) >= 11 is 7.22. The fraction of sp³-hybridized carbons (Fsp3) is 0.250. The number of carbonyl (C=O) groups excluding carboxylic acids is 1. The van der Waals surface area contributed by atoms with Gasteiger partial charge in [0.25, 0.3) is 11.5 Å². The summed E-state index contributed by atoms with van der Waals surface area (Å²) in [6.07, 6.45) is 5.06. The lowest BCUT2D eigenvalue weighted by atomic mass is 10.0. The van der Waals surface area contributed by atoms with Crippen molar-refractivity contribution in [2.75, 3.05) is 11.6 Å². The Morgan fingerprint density at radius 1 is 1.14 bits per heavy atom. The van der Waals surface area contributed by atoms with Crippen LogP contribution in [0.15, 0.2) is 41.5 Å². The number of pyridine rings is 1. The number of hydrogen-bond donors (Lipinski definition) is 2. The molecule has 4 rings (SSSR count). The highest BCUT2D eigenvalue weighted by molar-refractivity contribution is 7.97. The Bertz CT molecular complexity index is 1490. The number of aryl methyl sites for hydroxylation is 2. The zero-order valence-corrected chi connectivity index (χ0v) is 21.5. The van der Waals surface area contributed by atoms with Crippen LogP contribution in [0.5, 0.6) is 0 Å². The number of amides is 1. The Hall–Kier alpha value is -3.50. The van der Waals surface area contributed by atoms with Crippen LogP contribution in [0.1, 0.15) is 40.4 Å². The van der Waals surface area contributed by atoms with Crippen molar-refractivity contribution < 1.29 is 4.79 Å². The number of hydrogen-bond acceptors (Lipinski definition) is 8. The highest BCUT2D eigenvalue weighted by atomic mass is 35.5. The van der Waals surface area contributed by atoms with Gasteiger partial charge in [0.05, 0.1) is 28.2 Å². The first-order valence-electron chi connectivity index (χ1n) is 10.8. The predicted molar refractivity (Wildman–Crippen MR) is 140 cm³/mol. The summed E-state index contributed by atoms with van der Waals surface area (Å²) in [6, 6.07) is 6.82. The molecule has 180 valence electrons. The monoisotopic (exact) mass is 509 g/mol. The van der Waals surface area contributed by atoms with Crippen molar-refractivity contribution in [2.24, 2.45) is 7.05 Å². The molecule has 0 saturated heterocycles. The molecule has 35 heavy (non-hydrogen) atoms. The summed E-state index contributed by atoms with van der Waals surface area (Å²) in [5.41, 5.74) is 3.44. The number of halogens is 1. The second-order valence-corrected chi connectivity index (χ2v) is 9.10. The van der Waals surface area contributed by atoms with E-state index in [4.69, 9.17) is 16.6 Å². The number of anilines is 1. The first-order valence-corrected chi connectivity index (χ1v) is 12.4. The molecule has 0 radical (unpaired) electrons. The lowest BCUT2D eigenvalue weighted by molar-refractivity contribution is 0.0980. The molecule has 0 fully saturated rings.